The molecule has 122 valence electrons. The third kappa shape index (κ3) is 5.25. The Balaban J connectivity index is 1.62. The Kier molecular flexibility index (Phi) is 5.91. The highest BCUT2D eigenvalue weighted by molar-refractivity contribution is 5.99. The zero-order valence-electron chi connectivity index (χ0n) is 12.9. The third-order valence-corrected chi connectivity index (χ3v) is 3.27. The molecule has 0 bridgehead atoms. The zero-order valence-corrected chi connectivity index (χ0v) is 12.9. The van der Waals surface area contributed by atoms with Gasteiger partial charge in [-0.2, -0.15) is 0 Å². The Labute approximate surface area is 133 Å². The van der Waals surface area contributed by atoms with E-state index in [2.05, 4.69) is 10.3 Å². The molecule has 0 aliphatic carbocycles. The lowest BCUT2D eigenvalue weighted by atomic mass is 10.2. The smallest absolute Gasteiger partial charge is 0.267 e. The number of ether oxygens (including phenoxy) is 1. The van der Waals surface area contributed by atoms with Crippen molar-refractivity contribution < 1.29 is 18.7 Å². The van der Waals surface area contributed by atoms with E-state index in [1.54, 1.807) is 12.1 Å². The van der Waals surface area contributed by atoms with Crippen LogP contribution in [-0.4, -0.2) is 29.8 Å². The molecule has 0 unspecified atom stereocenters. The van der Waals surface area contributed by atoms with Crippen LogP contribution in [0.15, 0.2) is 36.5 Å². The highest BCUT2D eigenvalue weighted by Gasteiger charge is 2.09. The first-order valence-corrected chi connectivity index (χ1v) is 7.42. The number of carbonyl (C=O) groups excluding carboxylic acids is 2. The van der Waals surface area contributed by atoms with E-state index in [9.17, 15) is 14.0 Å². The van der Waals surface area contributed by atoms with E-state index in [4.69, 9.17) is 4.74 Å². The molecule has 5 nitrogen and oxygen atoms in total. The van der Waals surface area contributed by atoms with Crippen molar-refractivity contribution in [2.45, 2.75) is 19.8 Å². The highest BCUT2D eigenvalue weighted by Crippen LogP contribution is 2.11. The lowest BCUT2D eigenvalue weighted by Crippen LogP contribution is -2.25. The molecule has 6 heteroatoms. The number of halogens is 1. The van der Waals surface area contributed by atoms with Crippen molar-refractivity contribution >= 4 is 11.7 Å². The van der Waals surface area contributed by atoms with Crippen LogP contribution in [0.5, 0.6) is 5.75 Å². The van der Waals surface area contributed by atoms with Gasteiger partial charge in [0.2, 0.25) is 0 Å². The molecule has 0 fully saturated rings. The number of rotatable bonds is 8. The highest BCUT2D eigenvalue weighted by atomic mass is 19.1. The first-order valence-electron chi connectivity index (χ1n) is 7.42. The van der Waals surface area contributed by atoms with Crippen molar-refractivity contribution in [3.05, 3.63) is 53.6 Å². The maximum Gasteiger partial charge on any atom is 0.267 e. The molecule has 1 amide bonds. The molecule has 0 aliphatic heterocycles. The van der Waals surface area contributed by atoms with Gasteiger partial charge in [0.1, 0.15) is 17.3 Å². The van der Waals surface area contributed by atoms with Crippen molar-refractivity contribution in [3.8, 4) is 5.75 Å². The van der Waals surface area contributed by atoms with Gasteiger partial charge in [0, 0.05) is 18.3 Å². The van der Waals surface area contributed by atoms with E-state index in [0.717, 1.165) is 12.8 Å². The monoisotopic (exact) mass is 318 g/mol. The van der Waals surface area contributed by atoms with Gasteiger partial charge in [0.05, 0.1) is 6.61 Å². The maximum absolute atomic E-state index is 12.7. The second-order valence-electron chi connectivity index (χ2n) is 5.12. The number of H-pyrrole nitrogens is 1. The number of amides is 1. The van der Waals surface area contributed by atoms with Crippen molar-refractivity contribution in [2.24, 2.45) is 0 Å². The third-order valence-electron chi connectivity index (χ3n) is 3.27. The van der Waals surface area contributed by atoms with Gasteiger partial charge in [-0.15, -0.1) is 0 Å². The Morgan fingerprint density at radius 1 is 1.22 bits per heavy atom. The van der Waals surface area contributed by atoms with E-state index in [1.807, 2.05) is 0 Å². The molecule has 2 aromatic rings. The zero-order chi connectivity index (χ0) is 16.7. The second-order valence-corrected chi connectivity index (χ2v) is 5.12. The van der Waals surface area contributed by atoms with Gasteiger partial charge in [-0.25, -0.2) is 4.39 Å². The summed E-state index contributed by atoms with van der Waals surface area (Å²) in [5, 5.41) is 2.77. The van der Waals surface area contributed by atoms with Crippen molar-refractivity contribution in [1.29, 1.82) is 0 Å². The van der Waals surface area contributed by atoms with Crippen LogP contribution in [0.4, 0.5) is 4.39 Å². The Hall–Kier alpha value is -2.63. The molecule has 23 heavy (non-hydrogen) atoms. The number of hydrogen-bond acceptors (Lipinski definition) is 3. The first-order chi connectivity index (χ1) is 11.1. The number of unbranched alkanes of at least 4 members (excludes halogenated alkanes) is 1. The van der Waals surface area contributed by atoms with E-state index in [-0.39, 0.29) is 17.5 Å². The fraction of sp³-hybridized carbons (Fsp3) is 0.294. The number of Topliss-reactive ketones (excluding diaryl/α,β-unsaturated/α-hetero) is 1. The predicted octanol–water partition coefficient (Wildman–Crippen LogP) is 2.95. The van der Waals surface area contributed by atoms with E-state index in [1.165, 1.54) is 31.3 Å². The van der Waals surface area contributed by atoms with Crippen molar-refractivity contribution in [1.82, 2.24) is 10.3 Å². The van der Waals surface area contributed by atoms with Crippen LogP contribution >= 0.6 is 0 Å². The lowest BCUT2D eigenvalue weighted by Gasteiger charge is -2.06. The standard InChI is InChI=1S/C17H19FN2O3/c1-12(21)13-10-16(20-11-13)17(22)19-8-2-3-9-23-15-6-4-14(18)5-7-15/h4-7,10-11,20H,2-3,8-9H2,1H3,(H,19,22). The average molecular weight is 318 g/mol. The van der Waals surface area contributed by atoms with Crippen LogP contribution in [0.2, 0.25) is 0 Å². The largest absolute Gasteiger partial charge is 0.494 e. The Morgan fingerprint density at radius 3 is 2.61 bits per heavy atom. The minimum atomic E-state index is -0.294. The first kappa shape index (κ1) is 16.7. The fourth-order valence-corrected chi connectivity index (χ4v) is 1.97. The molecule has 1 aromatic carbocycles. The Bertz CT molecular complexity index is 665. The van der Waals surface area contributed by atoms with Gasteiger partial charge < -0.3 is 15.0 Å². The normalized spacial score (nSPS) is 10.3. The Morgan fingerprint density at radius 2 is 1.96 bits per heavy atom. The van der Waals surface area contributed by atoms with Gasteiger partial charge in [-0.1, -0.05) is 0 Å². The van der Waals surface area contributed by atoms with Gasteiger partial charge in [0.15, 0.2) is 5.78 Å². The minimum Gasteiger partial charge on any atom is -0.494 e. The summed E-state index contributed by atoms with van der Waals surface area (Å²) < 4.78 is 18.2. The molecule has 1 heterocycles. The number of hydrogen-bond donors (Lipinski definition) is 2. The van der Waals surface area contributed by atoms with Crippen molar-refractivity contribution in [2.75, 3.05) is 13.2 Å². The lowest BCUT2D eigenvalue weighted by molar-refractivity contribution is 0.0947. The average Bonchev–Trinajstić information content (AvgIpc) is 3.02. The van der Waals surface area contributed by atoms with E-state index < -0.39 is 0 Å². The molecule has 0 atom stereocenters. The number of benzene rings is 1. The van der Waals surface area contributed by atoms with E-state index >= 15 is 0 Å². The molecule has 2 N–H and O–H groups in total. The second kappa shape index (κ2) is 8.12. The summed E-state index contributed by atoms with van der Waals surface area (Å²) >= 11 is 0. The minimum absolute atomic E-state index is 0.0850. The summed E-state index contributed by atoms with van der Waals surface area (Å²) in [6, 6.07) is 7.39. The summed E-state index contributed by atoms with van der Waals surface area (Å²) in [6.07, 6.45) is 3.04. The summed E-state index contributed by atoms with van der Waals surface area (Å²) in [6.45, 7) is 2.46. The molecule has 2 rings (SSSR count). The topological polar surface area (TPSA) is 71.2 Å². The van der Waals surface area contributed by atoms with Gasteiger partial charge in [-0.05, 0) is 50.1 Å². The van der Waals surface area contributed by atoms with Crippen LogP contribution < -0.4 is 10.1 Å². The number of nitrogens with one attached hydrogen (secondary N) is 2. The van der Waals surface area contributed by atoms with Gasteiger partial charge >= 0.3 is 0 Å². The van der Waals surface area contributed by atoms with Crippen LogP contribution in [-0.2, 0) is 0 Å². The van der Waals surface area contributed by atoms with Crippen LogP contribution in [0.1, 0.15) is 40.6 Å². The van der Waals surface area contributed by atoms with Gasteiger partial charge in [0.25, 0.3) is 5.91 Å². The summed E-state index contributed by atoms with van der Waals surface area (Å²) in [4.78, 5) is 25.8. The summed E-state index contributed by atoms with van der Waals surface area (Å²) in [5.41, 5.74) is 0.862. The summed E-state index contributed by atoms with van der Waals surface area (Å²) in [7, 11) is 0. The number of aromatic nitrogens is 1. The molecule has 0 radical (unpaired) electrons. The molecule has 0 saturated heterocycles. The number of carbonyl (C=O) groups is 2. The summed E-state index contributed by atoms with van der Waals surface area (Å²) in [5.74, 6) is 0.00564. The predicted molar refractivity (Wildman–Crippen MR) is 84.3 cm³/mol. The molecule has 1 aromatic heterocycles. The van der Waals surface area contributed by atoms with E-state index in [0.29, 0.717) is 30.2 Å². The van der Waals surface area contributed by atoms with Crippen LogP contribution in [0, 0.1) is 5.82 Å². The maximum atomic E-state index is 12.7. The molecule has 0 aliphatic rings. The fourth-order valence-electron chi connectivity index (χ4n) is 1.97. The van der Waals surface area contributed by atoms with Gasteiger partial charge in [-0.3, -0.25) is 9.59 Å². The van der Waals surface area contributed by atoms with Crippen molar-refractivity contribution in [3.63, 3.8) is 0 Å². The molecular formula is C17H19FN2O3. The number of aromatic amines is 1. The SMILES string of the molecule is CC(=O)c1c[nH]c(C(=O)NCCCCOc2ccc(F)cc2)c1. The van der Waals surface area contributed by atoms with Crippen LogP contribution in [0.25, 0.3) is 0 Å². The molecular weight excluding hydrogens is 299 g/mol. The number of ketones is 1. The van der Waals surface area contributed by atoms with Crippen LogP contribution in [0.3, 0.4) is 0 Å². The quantitative estimate of drug-likeness (QED) is 0.581. The molecule has 0 spiro atoms. The molecule has 0 saturated carbocycles.